The Labute approximate surface area is 229 Å². The van der Waals surface area contributed by atoms with Crippen molar-refractivity contribution in [1.29, 1.82) is 0 Å². The molecular weight excluding hydrogens is 530 g/mol. The molecule has 3 aromatic carbocycles. The molecule has 0 spiro atoms. The van der Waals surface area contributed by atoms with E-state index in [9.17, 15) is 4.79 Å². The highest BCUT2D eigenvalue weighted by atomic mass is 35.5. The van der Waals surface area contributed by atoms with Gasteiger partial charge in [0.15, 0.2) is 23.1 Å². The standard InChI is InChI=1S/C28H25Cl2FN4O3/c1-15(2)16(3)35-38-28(36)24-22(30)27(32-14-17-9-10-18-7-5-6-8-19(18)13-17)34-26(33-24)20-11-12-21(29)25(37-4)23(20)31/h5-13,15H,14H2,1-4H3,(H,32,33,34)/b35-16+. The number of methoxy groups -OCH3 is 1. The van der Waals surface area contributed by atoms with Crippen molar-refractivity contribution in [1.82, 2.24) is 9.97 Å². The van der Waals surface area contributed by atoms with Crippen LogP contribution in [0.15, 0.2) is 59.8 Å². The molecule has 196 valence electrons. The number of ether oxygens (including phenoxy) is 1. The Morgan fingerprint density at radius 3 is 2.53 bits per heavy atom. The number of nitrogens with zero attached hydrogens (tertiary/aromatic N) is 3. The first-order valence-corrected chi connectivity index (χ1v) is 12.5. The fraction of sp³-hybridized carbons (Fsp3) is 0.214. The van der Waals surface area contributed by atoms with E-state index >= 15 is 4.39 Å². The Morgan fingerprint density at radius 2 is 1.82 bits per heavy atom. The molecule has 0 fully saturated rings. The van der Waals surface area contributed by atoms with E-state index in [2.05, 4.69) is 20.4 Å². The molecule has 1 N–H and O–H groups in total. The van der Waals surface area contributed by atoms with Gasteiger partial charge in [0.25, 0.3) is 0 Å². The van der Waals surface area contributed by atoms with Gasteiger partial charge in [-0.3, -0.25) is 0 Å². The number of aromatic nitrogens is 2. The average Bonchev–Trinajstić information content (AvgIpc) is 2.91. The fourth-order valence-corrected chi connectivity index (χ4v) is 3.96. The number of oxime groups is 1. The van der Waals surface area contributed by atoms with Crippen molar-refractivity contribution in [3.63, 3.8) is 0 Å². The lowest BCUT2D eigenvalue weighted by Crippen LogP contribution is -2.13. The highest BCUT2D eigenvalue weighted by molar-refractivity contribution is 6.35. The van der Waals surface area contributed by atoms with Crippen molar-refractivity contribution in [3.8, 4) is 17.1 Å². The number of fused-ring (bicyclic) bond motifs is 1. The third kappa shape index (κ3) is 5.87. The molecule has 0 aliphatic heterocycles. The van der Waals surface area contributed by atoms with Crippen molar-refractivity contribution >= 4 is 51.5 Å². The molecule has 0 unspecified atom stereocenters. The SMILES string of the molecule is COc1c(Cl)ccc(-c2nc(NCc3ccc4ccccc4c3)c(Cl)c(C(=O)O/N=C(\C)C(C)C)n2)c1F. The van der Waals surface area contributed by atoms with Gasteiger partial charge in [-0.05, 0) is 47.4 Å². The zero-order chi connectivity index (χ0) is 27.4. The van der Waals surface area contributed by atoms with Crippen LogP contribution >= 0.6 is 23.2 Å². The van der Waals surface area contributed by atoms with Crippen LogP contribution in [0.1, 0.15) is 36.8 Å². The molecular formula is C28H25Cl2FN4O3. The van der Waals surface area contributed by atoms with Gasteiger partial charge in [0.1, 0.15) is 10.8 Å². The summed E-state index contributed by atoms with van der Waals surface area (Å²) in [6.45, 7) is 5.88. The van der Waals surface area contributed by atoms with Crippen molar-refractivity contribution in [2.24, 2.45) is 11.1 Å². The van der Waals surface area contributed by atoms with Crippen molar-refractivity contribution in [2.45, 2.75) is 27.3 Å². The van der Waals surface area contributed by atoms with Crippen LogP contribution in [-0.2, 0) is 11.4 Å². The van der Waals surface area contributed by atoms with Crippen LogP contribution in [0.4, 0.5) is 10.2 Å². The van der Waals surface area contributed by atoms with Gasteiger partial charge in [-0.1, -0.05) is 78.6 Å². The second kappa shape index (κ2) is 11.8. The Hall–Kier alpha value is -3.75. The summed E-state index contributed by atoms with van der Waals surface area (Å²) in [5.41, 5.74) is 1.24. The maximum Gasteiger partial charge on any atom is 0.385 e. The summed E-state index contributed by atoms with van der Waals surface area (Å²) >= 11 is 12.6. The second-order valence-corrected chi connectivity index (χ2v) is 9.59. The monoisotopic (exact) mass is 554 g/mol. The first-order chi connectivity index (χ1) is 18.2. The maximum absolute atomic E-state index is 15.2. The highest BCUT2D eigenvalue weighted by Gasteiger charge is 2.24. The lowest BCUT2D eigenvalue weighted by Gasteiger charge is -2.14. The maximum atomic E-state index is 15.2. The third-order valence-corrected chi connectivity index (χ3v) is 6.58. The minimum atomic E-state index is -0.909. The van der Waals surface area contributed by atoms with E-state index in [4.69, 9.17) is 32.8 Å². The molecule has 0 aliphatic rings. The molecule has 0 aliphatic carbocycles. The van der Waals surface area contributed by atoms with Crippen LogP contribution < -0.4 is 10.1 Å². The number of anilines is 1. The second-order valence-electron chi connectivity index (χ2n) is 8.80. The van der Waals surface area contributed by atoms with Gasteiger partial charge in [0.05, 0.1) is 23.4 Å². The van der Waals surface area contributed by atoms with Crippen molar-refractivity contribution in [2.75, 3.05) is 12.4 Å². The van der Waals surface area contributed by atoms with Gasteiger partial charge in [-0.2, -0.15) is 0 Å². The van der Waals surface area contributed by atoms with E-state index in [1.807, 2.05) is 56.3 Å². The summed E-state index contributed by atoms with van der Waals surface area (Å²) in [7, 11) is 1.30. The Bertz CT molecular complexity index is 1540. The van der Waals surface area contributed by atoms with Gasteiger partial charge < -0.3 is 14.9 Å². The minimum absolute atomic E-state index is 0.0346. The summed E-state index contributed by atoms with van der Waals surface area (Å²) in [6, 6.07) is 16.8. The molecule has 38 heavy (non-hydrogen) atoms. The normalized spacial score (nSPS) is 11.6. The number of rotatable bonds is 8. The smallest absolute Gasteiger partial charge is 0.385 e. The largest absolute Gasteiger partial charge is 0.492 e. The predicted molar refractivity (Wildman–Crippen MR) is 149 cm³/mol. The zero-order valence-corrected chi connectivity index (χ0v) is 22.7. The van der Waals surface area contributed by atoms with Crippen molar-refractivity contribution in [3.05, 3.63) is 81.7 Å². The summed E-state index contributed by atoms with van der Waals surface area (Å²) in [5.74, 6) is -1.79. The first kappa shape index (κ1) is 27.3. The number of hydrogen-bond acceptors (Lipinski definition) is 7. The molecule has 1 aromatic heterocycles. The number of halogens is 3. The van der Waals surface area contributed by atoms with Gasteiger partial charge in [0, 0.05) is 6.54 Å². The number of hydrogen-bond donors (Lipinski definition) is 1. The first-order valence-electron chi connectivity index (χ1n) is 11.8. The Balaban J connectivity index is 1.75. The molecule has 4 rings (SSSR count). The fourth-order valence-electron chi connectivity index (χ4n) is 3.51. The quantitative estimate of drug-likeness (QED) is 0.137. The Morgan fingerprint density at radius 1 is 1.08 bits per heavy atom. The number of benzene rings is 3. The molecule has 0 bridgehead atoms. The lowest BCUT2D eigenvalue weighted by molar-refractivity contribution is 0.0507. The summed E-state index contributed by atoms with van der Waals surface area (Å²) in [5, 5.41) is 9.17. The molecule has 7 nitrogen and oxygen atoms in total. The third-order valence-electron chi connectivity index (χ3n) is 5.92. The number of carbonyl (C=O) groups is 1. The van der Waals surface area contributed by atoms with E-state index in [1.54, 1.807) is 6.92 Å². The summed E-state index contributed by atoms with van der Waals surface area (Å²) in [4.78, 5) is 26.7. The summed E-state index contributed by atoms with van der Waals surface area (Å²) in [6.07, 6.45) is 0. The van der Waals surface area contributed by atoms with Crippen LogP contribution in [0.5, 0.6) is 5.75 Å². The zero-order valence-electron chi connectivity index (χ0n) is 21.2. The summed E-state index contributed by atoms with van der Waals surface area (Å²) < 4.78 is 20.3. The van der Waals surface area contributed by atoms with Crippen LogP contribution in [-0.4, -0.2) is 28.8 Å². The molecule has 0 amide bonds. The van der Waals surface area contributed by atoms with E-state index in [1.165, 1.54) is 19.2 Å². The molecule has 0 radical (unpaired) electrons. The van der Waals surface area contributed by atoms with Gasteiger partial charge in [-0.25, -0.2) is 19.2 Å². The minimum Gasteiger partial charge on any atom is -0.492 e. The number of nitrogens with one attached hydrogen (secondary N) is 1. The van der Waals surface area contributed by atoms with E-state index in [-0.39, 0.29) is 44.6 Å². The molecule has 0 saturated carbocycles. The van der Waals surface area contributed by atoms with Crippen LogP contribution in [0.2, 0.25) is 10.0 Å². The van der Waals surface area contributed by atoms with E-state index in [0.29, 0.717) is 12.3 Å². The van der Waals surface area contributed by atoms with E-state index < -0.39 is 11.8 Å². The molecule has 10 heteroatoms. The molecule has 4 aromatic rings. The van der Waals surface area contributed by atoms with Gasteiger partial charge in [0.2, 0.25) is 0 Å². The van der Waals surface area contributed by atoms with Crippen LogP contribution in [0.25, 0.3) is 22.2 Å². The Kier molecular flexibility index (Phi) is 8.44. The average molecular weight is 555 g/mol. The molecule has 1 heterocycles. The van der Waals surface area contributed by atoms with Crippen LogP contribution in [0, 0.1) is 11.7 Å². The highest BCUT2D eigenvalue weighted by Crippen LogP contribution is 2.35. The van der Waals surface area contributed by atoms with Crippen molar-refractivity contribution < 1.29 is 18.8 Å². The molecule has 0 atom stereocenters. The van der Waals surface area contributed by atoms with Crippen LogP contribution in [0.3, 0.4) is 0 Å². The van der Waals surface area contributed by atoms with Gasteiger partial charge in [-0.15, -0.1) is 0 Å². The van der Waals surface area contributed by atoms with Gasteiger partial charge >= 0.3 is 5.97 Å². The van der Waals surface area contributed by atoms with E-state index in [0.717, 1.165) is 16.3 Å². The predicted octanol–water partition coefficient (Wildman–Crippen LogP) is 7.55. The number of carbonyl (C=O) groups excluding carboxylic acids is 1. The molecule has 0 saturated heterocycles. The lowest BCUT2D eigenvalue weighted by atomic mass is 10.1. The topological polar surface area (TPSA) is 85.7 Å².